The number of para-hydroxylation sites is 1. The van der Waals surface area contributed by atoms with E-state index in [2.05, 4.69) is 49.6 Å². The lowest BCUT2D eigenvalue weighted by atomic mass is 9.86. The van der Waals surface area contributed by atoms with Crippen LogP contribution in [0.2, 0.25) is 0 Å². The van der Waals surface area contributed by atoms with Crippen molar-refractivity contribution in [1.29, 1.82) is 0 Å². The van der Waals surface area contributed by atoms with Gasteiger partial charge in [-0.05, 0) is 94.7 Å². The van der Waals surface area contributed by atoms with Crippen molar-refractivity contribution >= 4 is 44.5 Å². The molecular formula is C34H44N8O4S. The summed E-state index contributed by atoms with van der Waals surface area (Å²) < 4.78 is 33.6. The number of aryl methyl sites for hydroxylation is 1. The van der Waals surface area contributed by atoms with Gasteiger partial charge in [-0.15, -0.1) is 0 Å². The van der Waals surface area contributed by atoms with Gasteiger partial charge in [0, 0.05) is 32.2 Å². The van der Waals surface area contributed by atoms with Crippen molar-refractivity contribution in [3.05, 3.63) is 59.8 Å². The Morgan fingerprint density at radius 1 is 0.957 bits per heavy atom. The van der Waals surface area contributed by atoms with Gasteiger partial charge in [0.05, 0.1) is 34.8 Å². The van der Waals surface area contributed by atoms with Crippen LogP contribution in [0.5, 0.6) is 5.75 Å². The number of carbonyl (C=O) groups is 1. The Labute approximate surface area is 276 Å². The van der Waals surface area contributed by atoms with Gasteiger partial charge in [-0.1, -0.05) is 12.1 Å². The van der Waals surface area contributed by atoms with Crippen LogP contribution in [0.1, 0.15) is 63.5 Å². The largest absolute Gasteiger partial charge is 0.495 e. The van der Waals surface area contributed by atoms with Crippen LogP contribution >= 0.6 is 0 Å². The molecule has 1 unspecified atom stereocenters. The van der Waals surface area contributed by atoms with Gasteiger partial charge in [0.15, 0.2) is 21.3 Å². The fourth-order valence-electron chi connectivity index (χ4n) is 6.87. The summed E-state index contributed by atoms with van der Waals surface area (Å²) in [7, 11) is -1.91. The Morgan fingerprint density at radius 2 is 1.66 bits per heavy atom. The lowest BCUT2D eigenvalue weighted by Gasteiger charge is -2.40. The van der Waals surface area contributed by atoms with Crippen LogP contribution in [-0.2, 0) is 14.6 Å². The summed E-state index contributed by atoms with van der Waals surface area (Å²) in [4.78, 5) is 26.8. The molecule has 4 heterocycles. The van der Waals surface area contributed by atoms with Crippen molar-refractivity contribution < 1.29 is 17.9 Å². The topological polar surface area (TPSA) is 134 Å². The highest BCUT2D eigenvalue weighted by molar-refractivity contribution is 7.92. The highest BCUT2D eigenvalue weighted by Gasteiger charge is 2.34. The molecule has 6 rings (SSSR count). The quantitative estimate of drug-likeness (QED) is 0.217. The molecule has 4 aromatic rings. The Bertz CT molecular complexity index is 1860. The summed E-state index contributed by atoms with van der Waals surface area (Å²) in [5, 5.41) is 10.3. The molecule has 0 amide bonds. The first-order chi connectivity index (χ1) is 22.6. The molecule has 0 bridgehead atoms. The van der Waals surface area contributed by atoms with Crippen molar-refractivity contribution in [2.75, 3.05) is 43.9 Å². The summed E-state index contributed by atoms with van der Waals surface area (Å²) >= 11 is 0. The van der Waals surface area contributed by atoms with Gasteiger partial charge in [0.25, 0.3) is 0 Å². The van der Waals surface area contributed by atoms with Gasteiger partial charge in [-0.2, -0.15) is 19.6 Å². The third-order valence-electron chi connectivity index (χ3n) is 9.32. The molecule has 2 aliphatic rings. The number of sulfone groups is 1. The number of hydrogen-bond acceptors (Lipinski definition) is 11. The maximum absolute atomic E-state index is 13.1. The number of nitrogens with zero attached hydrogens (tertiary/aromatic N) is 6. The van der Waals surface area contributed by atoms with Crippen molar-refractivity contribution in [2.24, 2.45) is 0 Å². The number of ketones is 1. The van der Waals surface area contributed by atoms with Crippen LogP contribution in [0, 0.1) is 6.92 Å². The van der Waals surface area contributed by atoms with E-state index in [1.54, 1.807) is 64.4 Å². The molecule has 2 aliphatic heterocycles. The molecule has 0 spiro atoms. The van der Waals surface area contributed by atoms with Gasteiger partial charge in [-0.25, -0.2) is 8.42 Å². The summed E-state index contributed by atoms with van der Waals surface area (Å²) in [6.45, 7) is 10.9. The summed E-state index contributed by atoms with van der Waals surface area (Å²) in [6.07, 6.45) is 5.77. The number of ether oxygens (including phenoxy) is 1. The maximum Gasteiger partial charge on any atom is 0.233 e. The Kier molecular flexibility index (Phi) is 9.49. The zero-order valence-corrected chi connectivity index (χ0v) is 28.5. The smallest absolute Gasteiger partial charge is 0.233 e. The number of Topliss-reactive ketones (excluding diaryl/α,β-unsaturated/α-hetero) is 1. The van der Waals surface area contributed by atoms with Crippen molar-refractivity contribution in [2.45, 2.75) is 75.6 Å². The predicted molar refractivity (Wildman–Crippen MR) is 183 cm³/mol. The molecule has 250 valence electrons. The highest BCUT2D eigenvalue weighted by atomic mass is 32.2. The van der Waals surface area contributed by atoms with Gasteiger partial charge in [-0.3, -0.25) is 14.6 Å². The zero-order chi connectivity index (χ0) is 33.3. The van der Waals surface area contributed by atoms with Crippen LogP contribution in [-0.4, -0.2) is 88.3 Å². The number of anilines is 4. The molecule has 2 aromatic heterocycles. The standard InChI is InChI=1S/C34H44N8O4S/c1-22(2)47(44,45)30-11-7-6-10-27(30)37-34-39-33(38-31-12-15-35-42(31)34)36-28-20-23(3)26(21-29(28)46-5)25-13-18-41(19-14-25)32(24(4)43)40-16-8-9-17-40/h6-7,10-12,15,20-22,25,32H,8-9,13-14,16-19H2,1-5H3,(H2,36,37,38,39). The van der Waals surface area contributed by atoms with Crippen molar-refractivity contribution in [1.82, 2.24) is 29.4 Å². The highest BCUT2D eigenvalue weighted by Crippen LogP contribution is 2.38. The lowest BCUT2D eigenvalue weighted by Crippen LogP contribution is -2.53. The number of nitrogens with one attached hydrogen (secondary N) is 2. The number of methoxy groups -OCH3 is 1. The summed E-state index contributed by atoms with van der Waals surface area (Å²) in [5.74, 6) is 1.88. The normalized spacial score (nSPS) is 17.3. The number of hydrogen-bond donors (Lipinski definition) is 2. The van der Waals surface area contributed by atoms with Crippen LogP contribution in [0.25, 0.3) is 5.65 Å². The maximum atomic E-state index is 13.1. The van der Waals surface area contributed by atoms with E-state index in [4.69, 9.17) is 9.72 Å². The molecule has 2 fully saturated rings. The molecule has 2 N–H and O–H groups in total. The Morgan fingerprint density at radius 3 is 2.34 bits per heavy atom. The average molecular weight is 661 g/mol. The third kappa shape index (κ3) is 6.69. The fourth-order valence-corrected chi connectivity index (χ4v) is 8.07. The van der Waals surface area contributed by atoms with Crippen LogP contribution in [0.3, 0.4) is 0 Å². The predicted octanol–water partition coefficient (Wildman–Crippen LogP) is 5.30. The number of aromatic nitrogens is 4. The van der Waals surface area contributed by atoms with Gasteiger partial charge in [0.1, 0.15) is 11.9 Å². The molecule has 1 atom stereocenters. The van der Waals surface area contributed by atoms with Crippen molar-refractivity contribution in [3.63, 3.8) is 0 Å². The Hall–Kier alpha value is -4.07. The number of piperidine rings is 1. The van der Waals surface area contributed by atoms with Gasteiger partial charge in [0.2, 0.25) is 11.9 Å². The second kappa shape index (κ2) is 13.6. The van der Waals surface area contributed by atoms with E-state index in [1.165, 1.54) is 10.1 Å². The minimum atomic E-state index is -3.56. The van der Waals surface area contributed by atoms with Crippen molar-refractivity contribution in [3.8, 4) is 5.75 Å². The molecular weight excluding hydrogens is 616 g/mol. The molecule has 0 saturated carbocycles. The van der Waals surface area contributed by atoms with Crippen LogP contribution in [0.15, 0.2) is 53.6 Å². The minimum Gasteiger partial charge on any atom is -0.495 e. The first kappa shape index (κ1) is 32.9. The first-order valence-corrected chi connectivity index (χ1v) is 17.9. The molecule has 47 heavy (non-hydrogen) atoms. The van der Waals surface area contributed by atoms with E-state index < -0.39 is 15.1 Å². The molecule has 12 nitrogen and oxygen atoms in total. The molecule has 2 saturated heterocycles. The number of carbonyl (C=O) groups excluding carboxylic acids is 1. The van der Waals surface area contributed by atoms with E-state index in [-0.39, 0.29) is 16.8 Å². The second-order valence-electron chi connectivity index (χ2n) is 12.8. The Balaban J connectivity index is 1.24. The SMILES string of the molecule is COc1cc(C2CCN(C(C(C)=O)N3CCCC3)CC2)c(C)cc1Nc1nc(Nc2ccccc2S(=O)(=O)C(C)C)n2nccc2n1. The van der Waals surface area contributed by atoms with E-state index in [0.717, 1.165) is 63.1 Å². The average Bonchev–Trinajstić information content (AvgIpc) is 3.75. The van der Waals surface area contributed by atoms with E-state index in [9.17, 15) is 13.2 Å². The van der Waals surface area contributed by atoms with Gasteiger partial charge >= 0.3 is 0 Å². The van der Waals surface area contributed by atoms with E-state index in [1.807, 2.05) is 0 Å². The molecule has 2 aromatic carbocycles. The lowest BCUT2D eigenvalue weighted by molar-refractivity contribution is -0.129. The van der Waals surface area contributed by atoms with Crippen LogP contribution < -0.4 is 15.4 Å². The second-order valence-corrected chi connectivity index (χ2v) is 15.2. The molecule has 0 aliphatic carbocycles. The fraction of sp³-hybridized carbons (Fsp3) is 0.471. The van der Waals surface area contributed by atoms with Crippen LogP contribution in [0.4, 0.5) is 23.3 Å². The molecule has 0 radical (unpaired) electrons. The zero-order valence-electron chi connectivity index (χ0n) is 27.7. The molecule has 13 heteroatoms. The first-order valence-electron chi connectivity index (χ1n) is 16.3. The number of benzene rings is 2. The third-order valence-corrected chi connectivity index (χ3v) is 11.5. The number of likely N-dealkylation sites (tertiary alicyclic amines) is 2. The number of rotatable bonds is 11. The van der Waals surface area contributed by atoms with E-state index >= 15 is 0 Å². The summed E-state index contributed by atoms with van der Waals surface area (Å²) in [5.41, 5.74) is 4.03. The van der Waals surface area contributed by atoms with Gasteiger partial charge < -0.3 is 15.4 Å². The monoisotopic (exact) mass is 660 g/mol. The number of fused-ring (bicyclic) bond motifs is 1. The minimum absolute atomic E-state index is 0.110. The van der Waals surface area contributed by atoms with E-state index in [0.29, 0.717) is 34.9 Å². The summed E-state index contributed by atoms with van der Waals surface area (Å²) in [6, 6.07) is 12.7.